The molecule has 0 spiro atoms. The average Bonchev–Trinajstić information content (AvgIpc) is 3.40. The summed E-state index contributed by atoms with van der Waals surface area (Å²) in [5, 5.41) is 0. The van der Waals surface area contributed by atoms with E-state index >= 15 is 8.78 Å². The fourth-order valence-corrected chi connectivity index (χ4v) is 6.69. The van der Waals surface area contributed by atoms with Gasteiger partial charge in [0.25, 0.3) is 0 Å². The quantitative estimate of drug-likeness (QED) is 0.408. The summed E-state index contributed by atoms with van der Waals surface area (Å²) in [7, 11) is -2.46. The molecular formula is C24H26F4N4O3S. The zero-order chi connectivity index (χ0) is 26.0. The van der Waals surface area contributed by atoms with E-state index in [0.29, 0.717) is 17.7 Å². The van der Waals surface area contributed by atoms with E-state index in [0.717, 1.165) is 27.5 Å². The summed E-state index contributed by atoms with van der Waals surface area (Å²) in [6.07, 6.45) is 2.05. The number of hydrogen-bond acceptors (Lipinski definition) is 5. The van der Waals surface area contributed by atoms with E-state index in [1.54, 1.807) is 19.1 Å². The Morgan fingerprint density at radius 3 is 2.61 bits per heavy atom. The largest absolute Gasteiger partial charge is 0.406 e. The lowest BCUT2D eigenvalue weighted by Gasteiger charge is -2.35. The fraction of sp³-hybridized carbons (Fsp3) is 0.375. The Bertz CT molecular complexity index is 1380. The fourth-order valence-electron chi connectivity index (χ4n) is 4.94. The number of fused-ring (bicyclic) bond motifs is 2. The normalized spacial score (nSPS) is 22.6. The molecule has 194 valence electrons. The van der Waals surface area contributed by atoms with E-state index in [9.17, 15) is 18.1 Å². The van der Waals surface area contributed by atoms with Gasteiger partial charge >= 0.3 is 11.6 Å². The number of nitrogens with zero attached hydrogens (tertiary/aromatic N) is 2. The van der Waals surface area contributed by atoms with Crippen molar-refractivity contribution >= 4 is 10.5 Å². The average molecular weight is 527 g/mol. The molecule has 3 heterocycles. The number of benzene rings is 2. The molecule has 5 rings (SSSR count). The van der Waals surface area contributed by atoms with Crippen LogP contribution in [-0.4, -0.2) is 31.7 Å². The van der Waals surface area contributed by atoms with Gasteiger partial charge in [0.2, 0.25) is 0 Å². The van der Waals surface area contributed by atoms with Crippen LogP contribution in [0.3, 0.4) is 0 Å². The lowest BCUT2D eigenvalue weighted by atomic mass is 9.94. The molecule has 2 aliphatic heterocycles. The lowest BCUT2D eigenvalue weighted by molar-refractivity contribution is -0.0251. The molecule has 0 saturated heterocycles. The zero-order valence-corrected chi connectivity index (χ0v) is 20.6. The van der Waals surface area contributed by atoms with Crippen LogP contribution in [0.1, 0.15) is 36.3 Å². The molecule has 0 aliphatic carbocycles. The highest BCUT2D eigenvalue weighted by atomic mass is 32.3. The van der Waals surface area contributed by atoms with Gasteiger partial charge in [0, 0.05) is 17.5 Å². The molecule has 0 fully saturated rings. The highest BCUT2D eigenvalue weighted by Crippen LogP contribution is 2.46. The summed E-state index contributed by atoms with van der Waals surface area (Å²) in [5.74, 6) is -4.47. The second-order valence-corrected chi connectivity index (χ2v) is 12.0. The van der Waals surface area contributed by atoms with Crippen molar-refractivity contribution in [3.05, 3.63) is 75.5 Å². The zero-order valence-electron chi connectivity index (χ0n) is 19.8. The third-order valence-corrected chi connectivity index (χ3v) is 8.49. The number of rotatable bonds is 6. The molecule has 2 aliphatic rings. The van der Waals surface area contributed by atoms with Crippen LogP contribution in [0.25, 0.3) is 11.1 Å². The van der Waals surface area contributed by atoms with Crippen LogP contribution in [0.2, 0.25) is 0 Å². The van der Waals surface area contributed by atoms with E-state index in [1.807, 2.05) is 6.92 Å². The second kappa shape index (κ2) is 8.65. The summed E-state index contributed by atoms with van der Waals surface area (Å²) in [4.78, 5) is 18.8. The van der Waals surface area contributed by atoms with Crippen molar-refractivity contribution in [2.24, 2.45) is 0 Å². The van der Waals surface area contributed by atoms with E-state index in [1.165, 1.54) is 12.3 Å². The van der Waals surface area contributed by atoms with Crippen molar-refractivity contribution in [2.45, 2.75) is 44.9 Å². The predicted octanol–water partition coefficient (Wildman–Crippen LogP) is 4.64. The summed E-state index contributed by atoms with van der Waals surface area (Å²) < 4.78 is 75.3. The van der Waals surface area contributed by atoms with E-state index in [-0.39, 0.29) is 29.0 Å². The van der Waals surface area contributed by atoms with Crippen molar-refractivity contribution in [1.82, 2.24) is 19.3 Å². The van der Waals surface area contributed by atoms with E-state index < -0.39 is 51.6 Å². The molecule has 2 unspecified atom stereocenters. The highest BCUT2D eigenvalue weighted by Gasteiger charge is 2.52. The molecule has 3 aromatic rings. The van der Waals surface area contributed by atoms with Crippen molar-refractivity contribution in [2.75, 3.05) is 12.0 Å². The summed E-state index contributed by atoms with van der Waals surface area (Å²) in [5.41, 5.74) is 2.15. The molecule has 2 aromatic carbocycles. The molecular weight excluding hydrogens is 500 g/mol. The van der Waals surface area contributed by atoms with Crippen molar-refractivity contribution in [3.8, 4) is 16.9 Å². The van der Waals surface area contributed by atoms with Crippen LogP contribution in [0.15, 0.2) is 41.3 Å². The number of nitrogens with one attached hydrogen (secondary N) is 2. The van der Waals surface area contributed by atoms with Crippen LogP contribution in [0, 0.1) is 18.6 Å². The Labute approximate surface area is 206 Å². The van der Waals surface area contributed by atoms with Crippen LogP contribution < -0.4 is 20.7 Å². The van der Waals surface area contributed by atoms with Crippen LogP contribution in [-0.2, 0) is 12.5 Å². The second-order valence-electron chi connectivity index (χ2n) is 9.30. The van der Waals surface area contributed by atoms with Gasteiger partial charge in [0.1, 0.15) is 23.4 Å². The maximum absolute atomic E-state index is 15.4. The van der Waals surface area contributed by atoms with Crippen LogP contribution in [0.4, 0.5) is 17.6 Å². The van der Waals surface area contributed by atoms with Gasteiger partial charge in [0.15, 0.2) is 11.9 Å². The molecule has 0 saturated carbocycles. The van der Waals surface area contributed by atoms with Crippen LogP contribution >= 0.6 is 10.5 Å². The Kier molecular flexibility index (Phi) is 5.98. The third-order valence-electron chi connectivity index (χ3n) is 6.50. The van der Waals surface area contributed by atoms with Gasteiger partial charge in [-0.15, -0.1) is 5.48 Å². The standard InChI is InChI=1S/C24H26F4N4O3S/c1-4-8-36(3,34)30-18-11-31-19(24(18,27)28)12-32(23(31)33)22-21-14(9-13(2)10-17(21)35-29-22)20-15(25)6-5-7-16(20)26/h5-7,9-10,12,18,22,29-30,34H,4,8,11H2,1-3H3/t18-,22?/m1/s1. The first-order chi connectivity index (χ1) is 16.9. The number of aryl methyl sites for hydroxylation is 1. The van der Waals surface area contributed by atoms with Gasteiger partial charge in [-0.3, -0.25) is 9.13 Å². The molecule has 36 heavy (non-hydrogen) atoms. The van der Waals surface area contributed by atoms with Gasteiger partial charge in [-0.05, 0) is 48.9 Å². The first kappa shape index (κ1) is 24.9. The molecule has 12 heteroatoms. The first-order valence-corrected chi connectivity index (χ1v) is 13.6. The lowest BCUT2D eigenvalue weighted by Crippen LogP contribution is -2.43. The minimum absolute atomic E-state index is 0.152. The van der Waals surface area contributed by atoms with Gasteiger partial charge in [-0.25, -0.2) is 18.3 Å². The minimum atomic E-state index is -3.44. The SMILES string of the molecule is CCCS(C)(O)N[C@@H]1Cn2c(cn(C3NOc4cc(C)cc(-c5c(F)cccc5F)c43)c2=O)C1(F)F. The number of alkyl halides is 2. The smallest absolute Gasteiger partial charge is 0.330 e. The summed E-state index contributed by atoms with van der Waals surface area (Å²) >= 11 is 0. The number of hydroxylamine groups is 1. The number of imidazole rings is 1. The topological polar surface area (TPSA) is 80.4 Å². The number of aromatic nitrogens is 2. The van der Waals surface area contributed by atoms with Crippen LogP contribution in [0.5, 0.6) is 5.75 Å². The third kappa shape index (κ3) is 3.92. The van der Waals surface area contributed by atoms with E-state index in [2.05, 4.69) is 10.2 Å². The molecule has 1 aromatic heterocycles. The maximum Gasteiger partial charge on any atom is 0.330 e. The van der Waals surface area contributed by atoms with Crippen molar-refractivity contribution in [1.29, 1.82) is 0 Å². The van der Waals surface area contributed by atoms with Gasteiger partial charge in [0.05, 0.1) is 12.1 Å². The maximum atomic E-state index is 15.4. The molecule has 0 amide bonds. The van der Waals surface area contributed by atoms with Gasteiger partial charge < -0.3 is 9.39 Å². The van der Waals surface area contributed by atoms with Crippen molar-refractivity contribution in [3.63, 3.8) is 0 Å². The first-order valence-electron chi connectivity index (χ1n) is 11.4. The number of hydrogen-bond donors (Lipinski definition) is 3. The molecule has 0 radical (unpaired) electrons. The van der Waals surface area contributed by atoms with Crippen molar-refractivity contribution < 1.29 is 27.0 Å². The highest BCUT2D eigenvalue weighted by molar-refractivity contribution is 8.26. The number of halogens is 4. The Hall–Kier alpha value is -2.80. The summed E-state index contributed by atoms with van der Waals surface area (Å²) in [6, 6.07) is 5.22. The monoisotopic (exact) mass is 526 g/mol. The summed E-state index contributed by atoms with van der Waals surface area (Å²) in [6.45, 7) is 3.22. The van der Waals surface area contributed by atoms with E-state index in [4.69, 9.17) is 4.84 Å². The van der Waals surface area contributed by atoms with Gasteiger partial charge in [-0.2, -0.15) is 8.78 Å². The Morgan fingerprint density at radius 1 is 1.28 bits per heavy atom. The van der Waals surface area contributed by atoms with Gasteiger partial charge in [-0.1, -0.05) is 29.6 Å². The predicted molar refractivity (Wildman–Crippen MR) is 129 cm³/mol. The Morgan fingerprint density at radius 2 is 1.97 bits per heavy atom. The molecule has 3 atom stereocenters. The molecule has 7 nitrogen and oxygen atoms in total. The Balaban J connectivity index is 1.58. The molecule has 3 N–H and O–H groups in total. The molecule has 0 bridgehead atoms. The minimum Gasteiger partial charge on any atom is -0.406 e.